The Kier molecular flexibility index (Phi) is 10.9. The van der Waals surface area contributed by atoms with Crippen molar-refractivity contribution in [3.8, 4) is 11.1 Å². The summed E-state index contributed by atoms with van der Waals surface area (Å²) in [6.07, 6.45) is 5.41. The Bertz CT molecular complexity index is 1730. The first-order valence-corrected chi connectivity index (χ1v) is 15.8. The second-order valence-corrected chi connectivity index (χ2v) is 11.3. The Morgan fingerprint density at radius 3 is 2.50 bits per heavy atom. The van der Waals surface area contributed by atoms with E-state index in [-0.39, 0.29) is 31.5 Å². The molecule has 1 saturated heterocycles. The van der Waals surface area contributed by atoms with Crippen molar-refractivity contribution >= 4 is 40.5 Å². The van der Waals surface area contributed by atoms with Gasteiger partial charge in [-0.25, -0.2) is 4.79 Å². The van der Waals surface area contributed by atoms with E-state index < -0.39 is 11.9 Å². The molecule has 0 unspecified atom stereocenters. The average Bonchev–Trinajstić information content (AvgIpc) is 3.50. The molecule has 5 rings (SSSR count). The van der Waals surface area contributed by atoms with Crippen molar-refractivity contribution in [3.63, 3.8) is 0 Å². The van der Waals surface area contributed by atoms with Crippen molar-refractivity contribution in [2.75, 3.05) is 26.2 Å². The summed E-state index contributed by atoms with van der Waals surface area (Å²) in [5.74, 6) is -1.71. The summed E-state index contributed by atoms with van der Waals surface area (Å²) in [4.78, 5) is 53.8. The SMILES string of the molecule is CCOC(=O)C(=O)N(Cc1ccccc1)Cc1ccc(-c2cccc3ccccc23)cc1/C=C/C(=O)NCCCN1CCCC1=O. The molecule has 1 heterocycles. The molecular weight excluding hydrogens is 578 g/mol. The molecule has 1 aliphatic rings. The van der Waals surface area contributed by atoms with Gasteiger partial charge in [-0.1, -0.05) is 84.9 Å². The number of ether oxygens (including phenoxy) is 1. The number of hydrogen-bond acceptors (Lipinski definition) is 5. The van der Waals surface area contributed by atoms with Gasteiger partial charge in [0.1, 0.15) is 0 Å². The van der Waals surface area contributed by atoms with Crippen molar-refractivity contribution in [1.29, 1.82) is 0 Å². The molecule has 0 atom stereocenters. The molecule has 4 aromatic carbocycles. The first-order chi connectivity index (χ1) is 22.4. The molecule has 4 aromatic rings. The Labute approximate surface area is 269 Å². The number of likely N-dealkylation sites (tertiary alicyclic amines) is 1. The molecule has 8 heteroatoms. The van der Waals surface area contributed by atoms with Crippen LogP contribution in [0.15, 0.2) is 97.1 Å². The van der Waals surface area contributed by atoms with Gasteiger partial charge in [0.05, 0.1) is 6.61 Å². The molecule has 0 radical (unpaired) electrons. The normalized spacial score (nSPS) is 12.9. The van der Waals surface area contributed by atoms with E-state index in [0.717, 1.165) is 51.6 Å². The molecule has 236 valence electrons. The third-order valence-electron chi connectivity index (χ3n) is 8.05. The number of nitrogens with one attached hydrogen (secondary N) is 1. The lowest BCUT2D eigenvalue weighted by Crippen LogP contribution is -2.37. The highest BCUT2D eigenvalue weighted by molar-refractivity contribution is 6.32. The number of benzene rings is 4. The Morgan fingerprint density at radius 1 is 0.935 bits per heavy atom. The maximum atomic E-state index is 13.3. The molecular formula is C38H39N3O5. The molecule has 0 bridgehead atoms. The van der Waals surface area contributed by atoms with Crippen LogP contribution in [-0.4, -0.2) is 59.7 Å². The lowest BCUT2D eigenvalue weighted by atomic mass is 9.94. The zero-order valence-electron chi connectivity index (χ0n) is 26.1. The number of carbonyl (C=O) groups is 4. The van der Waals surface area contributed by atoms with Crippen molar-refractivity contribution in [2.45, 2.75) is 39.3 Å². The minimum atomic E-state index is -0.905. The number of carbonyl (C=O) groups excluding carboxylic acids is 4. The molecule has 0 aromatic heterocycles. The van der Waals surface area contributed by atoms with Crippen LogP contribution < -0.4 is 5.32 Å². The second-order valence-electron chi connectivity index (χ2n) is 11.3. The number of nitrogens with zero attached hydrogens (tertiary/aromatic N) is 2. The van der Waals surface area contributed by atoms with Crippen LogP contribution >= 0.6 is 0 Å². The number of hydrogen-bond donors (Lipinski definition) is 1. The minimum absolute atomic E-state index is 0.0981. The summed E-state index contributed by atoms with van der Waals surface area (Å²) in [5, 5.41) is 5.13. The molecule has 1 N–H and O–H groups in total. The van der Waals surface area contributed by atoms with Gasteiger partial charge in [-0.3, -0.25) is 14.4 Å². The number of rotatable bonds is 12. The van der Waals surface area contributed by atoms with Gasteiger partial charge in [-0.15, -0.1) is 0 Å². The fraction of sp³-hybridized carbons (Fsp3) is 0.263. The van der Waals surface area contributed by atoms with Crippen LogP contribution in [0.3, 0.4) is 0 Å². The van der Waals surface area contributed by atoms with Crippen molar-refractivity contribution in [3.05, 3.63) is 114 Å². The Hall–Kier alpha value is -5.24. The first-order valence-electron chi connectivity index (χ1n) is 15.8. The third kappa shape index (κ3) is 8.27. The molecule has 1 fully saturated rings. The van der Waals surface area contributed by atoms with Crippen LogP contribution in [-0.2, 0) is 37.0 Å². The Morgan fingerprint density at radius 2 is 1.72 bits per heavy atom. The molecule has 8 nitrogen and oxygen atoms in total. The molecule has 0 aliphatic carbocycles. The topological polar surface area (TPSA) is 96.0 Å². The highest BCUT2D eigenvalue weighted by Crippen LogP contribution is 2.31. The summed E-state index contributed by atoms with van der Waals surface area (Å²) < 4.78 is 5.05. The predicted octanol–water partition coefficient (Wildman–Crippen LogP) is 5.74. The van der Waals surface area contributed by atoms with Gasteiger partial charge in [-0.2, -0.15) is 0 Å². The second kappa shape index (κ2) is 15.7. The molecule has 1 aliphatic heterocycles. The lowest BCUT2D eigenvalue weighted by Gasteiger charge is -2.23. The summed E-state index contributed by atoms with van der Waals surface area (Å²) in [5.41, 5.74) is 4.40. The van der Waals surface area contributed by atoms with E-state index >= 15 is 0 Å². The maximum absolute atomic E-state index is 13.3. The fourth-order valence-corrected chi connectivity index (χ4v) is 5.72. The van der Waals surface area contributed by atoms with Crippen LogP contribution in [0.1, 0.15) is 42.9 Å². The van der Waals surface area contributed by atoms with E-state index in [0.29, 0.717) is 25.9 Å². The van der Waals surface area contributed by atoms with E-state index in [2.05, 4.69) is 29.6 Å². The average molecular weight is 618 g/mol. The minimum Gasteiger partial charge on any atom is -0.459 e. The maximum Gasteiger partial charge on any atom is 0.397 e. The van der Waals surface area contributed by atoms with Gasteiger partial charge in [0.2, 0.25) is 11.8 Å². The first kappa shape index (κ1) is 32.2. The molecule has 0 spiro atoms. The quantitative estimate of drug-likeness (QED) is 0.0947. The highest BCUT2D eigenvalue weighted by atomic mass is 16.5. The summed E-state index contributed by atoms with van der Waals surface area (Å²) in [6.45, 7) is 3.97. The number of esters is 1. The van der Waals surface area contributed by atoms with Crippen molar-refractivity contribution in [1.82, 2.24) is 15.1 Å². The van der Waals surface area contributed by atoms with E-state index in [1.54, 1.807) is 13.0 Å². The van der Waals surface area contributed by atoms with Gasteiger partial charge in [-0.05, 0) is 70.5 Å². The number of amides is 3. The van der Waals surface area contributed by atoms with Crippen LogP contribution in [0.25, 0.3) is 28.0 Å². The van der Waals surface area contributed by atoms with Crippen LogP contribution in [0, 0.1) is 0 Å². The Balaban J connectivity index is 1.42. The monoisotopic (exact) mass is 617 g/mol. The zero-order valence-corrected chi connectivity index (χ0v) is 26.1. The third-order valence-corrected chi connectivity index (χ3v) is 8.05. The molecule has 0 saturated carbocycles. The van der Waals surface area contributed by atoms with E-state index in [1.807, 2.05) is 71.6 Å². The smallest absolute Gasteiger partial charge is 0.397 e. The van der Waals surface area contributed by atoms with E-state index in [4.69, 9.17) is 4.74 Å². The van der Waals surface area contributed by atoms with Gasteiger partial charge in [0.15, 0.2) is 0 Å². The standard InChI is InChI=1S/C38H39N3O5/c1-2-46-38(45)37(44)41(26-28-11-4-3-5-12-28)27-32-19-18-31(34-16-8-14-29-13-6-7-15-33(29)34)25-30(32)20-21-35(42)39-22-10-24-40-23-9-17-36(40)43/h3-8,11-16,18-21,25H,2,9-10,17,22-24,26-27H2,1H3,(H,39,42)/b21-20+. The number of fused-ring (bicyclic) bond motifs is 1. The van der Waals surface area contributed by atoms with Gasteiger partial charge in [0.25, 0.3) is 0 Å². The zero-order chi connectivity index (χ0) is 32.3. The summed E-state index contributed by atoms with van der Waals surface area (Å²) in [7, 11) is 0. The largest absolute Gasteiger partial charge is 0.459 e. The van der Waals surface area contributed by atoms with Crippen molar-refractivity contribution in [2.24, 2.45) is 0 Å². The summed E-state index contributed by atoms with van der Waals surface area (Å²) in [6, 6.07) is 29.7. The van der Waals surface area contributed by atoms with Crippen LogP contribution in [0.5, 0.6) is 0 Å². The van der Waals surface area contributed by atoms with E-state index in [9.17, 15) is 19.2 Å². The predicted molar refractivity (Wildman–Crippen MR) is 179 cm³/mol. The van der Waals surface area contributed by atoms with Gasteiger partial charge >= 0.3 is 11.9 Å². The van der Waals surface area contributed by atoms with Crippen LogP contribution in [0.4, 0.5) is 0 Å². The fourth-order valence-electron chi connectivity index (χ4n) is 5.72. The molecule has 46 heavy (non-hydrogen) atoms. The van der Waals surface area contributed by atoms with E-state index in [1.165, 1.54) is 11.0 Å². The van der Waals surface area contributed by atoms with Gasteiger partial charge < -0.3 is 19.9 Å². The van der Waals surface area contributed by atoms with Crippen LogP contribution in [0.2, 0.25) is 0 Å². The molecule has 3 amide bonds. The highest BCUT2D eigenvalue weighted by Gasteiger charge is 2.24. The lowest BCUT2D eigenvalue weighted by molar-refractivity contribution is -0.160. The summed E-state index contributed by atoms with van der Waals surface area (Å²) >= 11 is 0. The van der Waals surface area contributed by atoms with Gasteiger partial charge in [0, 0.05) is 45.2 Å². The van der Waals surface area contributed by atoms with Crippen molar-refractivity contribution < 1.29 is 23.9 Å².